The average Bonchev–Trinajstić information content (AvgIpc) is 2.89. The second kappa shape index (κ2) is 6.19. The first-order chi connectivity index (χ1) is 9.43. The maximum absolute atomic E-state index is 12.4. The monoisotopic (exact) mass is 318 g/mol. The van der Waals surface area contributed by atoms with E-state index >= 15 is 0 Å². The molecule has 0 bridgehead atoms. The summed E-state index contributed by atoms with van der Waals surface area (Å²) in [7, 11) is -2.25. The van der Waals surface area contributed by atoms with E-state index in [-0.39, 0.29) is 9.90 Å². The number of hydrogen-bond acceptors (Lipinski definition) is 5. The largest absolute Gasteiger partial charge is 0.476 e. The zero-order valence-corrected chi connectivity index (χ0v) is 12.9. The molecule has 1 heterocycles. The molecule has 0 saturated heterocycles. The van der Waals surface area contributed by atoms with Gasteiger partial charge in [0.2, 0.25) is 0 Å². The summed E-state index contributed by atoms with van der Waals surface area (Å²) in [6.45, 7) is 0.444. The molecule has 0 unspecified atom stereocenters. The van der Waals surface area contributed by atoms with Gasteiger partial charge in [-0.25, -0.2) is 18.2 Å². The molecule has 0 spiro atoms. The molecular weight excluding hydrogens is 300 g/mol. The Morgan fingerprint density at radius 2 is 2.10 bits per heavy atom. The Hall–Kier alpha value is -0.990. The molecule has 0 radical (unpaired) electrons. The van der Waals surface area contributed by atoms with Crippen LogP contribution in [0.15, 0.2) is 9.72 Å². The Labute approximate surface area is 122 Å². The predicted molar refractivity (Wildman–Crippen MR) is 75.5 cm³/mol. The molecule has 8 heteroatoms. The normalized spacial score (nSPS) is 17.5. The number of thiazole rings is 1. The standard InChI is InChI=1S/C12H18N2O4S2/c1-14(7-9-5-3-2-4-6-9)20(17,18)12-10(11(15)16)13-8-19-12/h8-9H,2-7H2,1H3,(H,15,16). The van der Waals surface area contributed by atoms with Crippen LogP contribution in [-0.4, -0.2) is 42.4 Å². The lowest BCUT2D eigenvalue weighted by molar-refractivity contribution is 0.0687. The van der Waals surface area contributed by atoms with Gasteiger partial charge in [0.25, 0.3) is 10.0 Å². The van der Waals surface area contributed by atoms with Gasteiger partial charge in [0.05, 0.1) is 5.51 Å². The molecule has 6 nitrogen and oxygen atoms in total. The lowest BCUT2D eigenvalue weighted by Gasteiger charge is -2.26. The van der Waals surface area contributed by atoms with E-state index in [1.165, 1.54) is 23.3 Å². The predicted octanol–water partition coefficient (Wildman–Crippen LogP) is 2.04. The summed E-state index contributed by atoms with van der Waals surface area (Å²) in [5, 5.41) is 8.98. The minimum atomic E-state index is -3.76. The van der Waals surface area contributed by atoms with Crippen LogP contribution in [-0.2, 0) is 10.0 Å². The number of nitrogens with zero attached hydrogens (tertiary/aromatic N) is 2. The van der Waals surface area contributed by atoms with E-state index < -0.39 is 16.0 Å². The average molecular weight is 318 g/mol. The van der Waals surface area contributed by atoms with Gasteiger partial charge in [0, 0.05) is 13.6 Å². The van der Waals surface area contributed by atoms with Gasteiger partial charge < -0.3 is 5.11 Å². The minimum absolute atomic E-state index is 0.177. The van der Waals surface area contributed by atoms with Crippen molar-refractivity contribution in [2.24, 2.45) is 5.92 Å². The molecule has 1 aromatic heterocycles. The number of carboxylic acids is 1. The Balaban J connectivity index is 2.16. The molecule has 0 aliphatic heterocycles. The van der Waals surface area contributed by atoms with Crippen LogP contribution in [0.1, 0.15) is 42.6 Å². The third kappa shape index (κ3) is 3.18. The summed E-state index contributed by atoms with van der Waals surface area (Å²) in [5.74, 6) is -0.944. The van der Waals surface area contributed by atoms with E-state index in [2.05, 4.69) is 4.98 Å². The van der Waals surface area contributed by atoms with Gasteiger partial charge in [-0.05, 0) is 18.8 Å². The molecule has 1 saturated carbocycles. The van der Waals surface area contributed by atoms with Crippen molar-refractivity contribution >= 4 is 27.3 Å². The van der Waals surface area contributed by atoms with E-state index in [1.807, 2.05) is 0 Å². The third-order valence-electron chi connectivity index (χ3n) is 3.62. The van der Waals surface area contributed by atoms with Crippen molar-refractivity contribution in [1.82, 2.24) is 9.29 Å². The molecular formula is C12H18N2O4S2. The van der Waals surface area contributed by atoms with Gasteiger partial charge in [-0.1, -0.05) is 19.3 Å². The van der Waals surface area contributed by atoms with Crippen LogP contribution in [0.2, 0.25) is 0 Å². The van der Waals surface area contributed by atoms with Crippen molar-refractivity contribution in [3.05, 3.63) is 11.2 Å². The fraction of sp³-hybridized carbons (Fsp3) is 0.667. The molecule has 0 amide bonds. The molecule has 112 valence electrons. The van der Waals surface area contributed by atoms with Gasteiger partial charge in [0.15, 0.2) is 9.90 Å². The first-order valence-electron chi connectivity index (χ1n) is 6.56. The molecule has 0 aromatic carbocycles. The van der Waals surface area contributed by atoms with Gasteiger partial charge in [0.1, 0.15) is 0 Å². The van der Waals surface area contributed by atoms with Crippen LogP contribution >= 0.6 is 11.3 Å². The molecule has 1 fully saturated rings. The number of carbonyl (C=O) groups is 1. The number of carboxylic acid groups (broad SMARTS) is 1. The second-order valence-corrected chi connectivity index (χ2v) is 8.18. The SMILES string of the molecule is CN(CC1CCCCC1)S(=O)(=O)c1scnc1C(=O)O. The van der Waals surface area contributed by atoms with Crippen molar-refractivity contribution in [2.45, 2.75) is 36.3 Å². The third-order valence-corrected chi connectivity index (χ3v) is 6.79. The summed E-state index contributed by atoms with van der Waals surface area (Å²) in [6.07, 6.45) is 5.56. The Bertz CT molecular complexity index is 576. The highest BCUT2D eigenvalue weighted by Crippen LogP contribution is 2.28. The van der Waals surface area contributed by atoms with E-state index in [0.717, 1.165) is 37.0 Å². The molecule has 1 aliphatic rings. The maximum Gasteiger partial charge on any atom is 0.356 e. The summed E-state index contributed by atoms with van der Waals surface area (Å²) in [5.41, 5.74) is 0.871. The van der Waals surface area contributed by atoms with Crippen molar-refractivity contribution < 1.29 is 18.3 Å². The fourth-order valence-corrected chi connectivity index (χ4v) is 5.11. The highest BCUT2D eigenvalue weighted by molar-refractivity contribution is 7.91. The highest BCUT2D eigenvalue weighted by atomic mass is 32.2. The first-order valence-corrected chi connectivity index (χ1v) is 8.88. The maximum atomic E-state index is 12.4. The van der Waals surface area contributed by atoms with Crippen molar-refractivity contribution in [3.8, 4) is 0 Å². The van der Waals surface area contributed by atoms with Gasteiger partial charge >= 0.3 is 5.97 Å². The first kappa shape index (κ1) is 15.4. The molecule has 20 heavy (non-hydrogen) atoms. The Kier molecular flexibility index (Phi) is 4.77. The van der Waals surface area contributed by atoms with Crippen molar-refractivity contribution in [3.63, 3.8) is 0 Å². The molecule has 2 rings (SSSR count). The van der Waals surface area contributed by atoms with Crippen LogP contribution < -0.4 is 0 Å². The quantitative estimate of drug-likeness (QED) is 0.897. The van der Waals surface area contributed by atoms with Crippen molar-refractivity contribution in [2.75, 3.05) is 13.6 Å². The van der Waals surface area contributed by atoms with E-state index in [0.29, 0.717) is 12.5 Å². The Morgan fingerprint density at radius 1 is 1.45 bits per heavy atom. The zero-order valence-electron chi connectivity index (χ0n) is 11.3. The lowest BCUT2D eigenvalue weighted by Crippen LogP contribution is -2.33. The summed E-state index contributed by atoms with van der Waals surface area (Å²) in [4.78, 5) is 14.6. The number of sulfonamides is 1. The van der Waals surface area contributed by atoms with Crippen LogP contribution in [0.3, 0.4) is 0 Å². The fourth-order valence-electron chi connectivity index (χ4n) is 2.53. The summed E-state index contributed by atoms with van der Waals surface area (Å²) < 4.78 is 25.9. The number of rotatable bonds is 5. The molecule has 1 aliphatic carbocycles. The van der Waals surface area contributed by atoms with Gasteiger partial charge in [-0.15, -0.1) is 11.3 Å². The van der Waals surface area contributed by atoms with E-state index in [9.17, 15) is 13.2 Å². The summed E-state index contributed by atoms with van der Waals surface area (Å²) in [6, 6.07) is 0. The van der Waals surface area contributed by atoms with E-state index in [1.54, 1.807) is 0 Å². The van der Waals surface area contributed by atoms with Crippen LogP contribution in [0, 0.1) is 5.92 Å². The second-order valence-electron chi connectivity index (χ2n) is 5.08. The van der Waals surface area contributed by atoms with Crippen LogP contribution in [0.25, 0.3) is 0 Å². The van der Waals surface area contributed by atoms with E-state index in [4.69, 9.17) is 5.11 Å². The number of hydrogen-bond donors (Lipinski definition) is 1. The van der Waals surface area contributed by atoms with Crippen molar-refractivity contribution in [1.29, 1.82) is 0 Å². The molecule has 0 atom stereocenters. The van der Waals surface area contributed by atoms with Crippen LogP contribution in [0.4, 0.5) is 0 Å². The van der Waals surface area contributed by atoms with Gasteiger partial charge in [-0.2, -0.15) is 4.31 Å². The molecule has 1 aromatic rings. The molecule has 1 N–H and O–H groups in total. The number of aromatic nitrogens is 1. The number of aromatic carboxylic acids is 1. The van der Waals surface area contributed by atoms with Gasteiger partial charge in [-0.3, -0.25) is 0 Å². The minimum Gasteiger partial charge on any atom is -0.476 e. The van der Waals surface area contributed by atoms with Crippen LogP contribution in [0.5, 0.6) is 0 Å². The smallest absolute Gasteiger partial charge is 0.356 e. The summed E-state index contributed by atoms with van der Waals surface area (Å²) >= 11 is 0.854. The topological polar surface area (TPSA) is 87.6 Å². The Morgan fingerprint density at radius 3 is 2.70 bits per heavy atom. The lowest BCUT2D eigenvalue weighted by atomic mass is 9.89. The zero-order chi connectivity index (χ0) is 14.8. The highest BCUT2D eigenvalue weighted by Gasteiger charge is 2.31.